The minimum absolute atomic E-state index is 0.170. The highest BCUT2D eigenvalue weighted by molar-refractivity contribution is 7.85. The van der Waals surface area contributed by atoms with Crippen LogP contribution in [-0.2, 0) is 16.4 Å². The Morgan fingerprint density at radius 2 is 2.21 bits per heavy atom. The molecule has 154 valence electrons. The number of amides is 1. The minimum Gasteiger partial charge on any atom is -0.495 e. The van der Waals surface area contributed by atoms with Gasteiger partial charge in [-0.1, -0.05) is 0 Å². The Kier molecular flexibility index (Phi) is 5.83. The molecule has 0 radical (unpaired) electrons. The van der Waals surface area contributed by atoms with Crippen LogP contribution in [0.2, 0.25) is 0 Å². The molecule has 0 unspecified atom stereocenters. The number of benzene rings is 1. The Bertz CT molecular complexity index is 981. The summed E-state index contributed by atoms with van der Waals surface area (Å²) < 4.78 is 25.8. The molecule has 10 heteroatoms. The van der Waals surface area contributed by atoms with E-state index in [1.165, 1.54) is 25.4 Å². The maximum atomic E-state index is 14.7. The number of rotatable bonds is 4. The fourth-order valence-electron chi connectivity index (χ4n) is 3.03. The summed E-state index contributed by atoms with van der Waals surface area (Å²) in [5.74, 6) is 0.381. The summed E-state index contributed by atoms with van der Waals surface area (Å²) in [6, 6.07) is 7.58. The molecule has 29 heavy (non-hydrogen) atoms. The monoisotopic (exact) mass is 418 g/mol. The van der Waals surface area contributed by atoms with Crippen LogP contribution in [0.1, 0.15) is 23.0 Å². The van der Waals surface area contributed by atoms with Gasteiger partial charge < -0.3 is 15.4 Å². The van der Waals surface area contributed by atoms with E-state index in [9.17, 15) is 9.18 Å². The first kappa shape index (κ1) is 20.7. The van der Waals surface area contributed by atoms with Gasteiger partial charge in [-0.3, -0.25) is 14.5 Å². The van der Waals surface area contributed by atoms with E-state index in [0.717, 1.165) is 0 Å². The normalized spacial score (nSPS) is 21.6. The third-order valence-electron chi connectivity index (χ3n) is 4.68. The summed E-state index contributed by atoms with van der Waals surface area (Å²) in [7, 11) is 4.43. The van der Waals surface area contributed by atoms with Crippen LogP contribution in [0.3, 0.4) is 0 Å². The highest BCUT2D eigenvalue weighted by atomic mass is 32.2. The second kappa shape index (κ2) is 8.16. The lowest BCUT2D eigenvalue weighted by Gasteiger charge is -2.42. The summed E-state index contributed by atoms with van der Waals surface area (Å²) >= 11 is 0. The Morgan fingerprint density at radius 3 is 2.83 bits per heavy atom. The van der Waals surface area contributed by atoms with E-state index in [-0.39, 0.29) is 11.7 Å². The first-order chi connectivity index (χ1) is 13.8. The molecule has 3 rings (SSSR count). The maximum Gasteiger partial charge on any atom is 0.274 e. The number of nitrogens with zero attached hydrogens (tertiary/aromatic N) is 3. The van der Waals surface area contributed by atoms with Crippen molar-refractivity contribution in [2.75, 3.05) is 32.3 Å². The smallest absolute Gasteiger partial charge is 0.274 e. The maximum absolute atomic E-state index is 14.7. The van der Waals surface area contributed by atoms with Crippen molar-refractivity contribution >= 4 is 28.4 Å². The molecular weight excluding hydrogens is 395 g/mol. The van der Waals surface area contributed by atoms with Crippen LogP contribution >= 0.6 is 0 Å². The summed E-state index contributed by atoms with van der Waals surface area (Å²) in [5, 5.41) is 14.0. The summed E-state index contributed by atoms with van der Waals surface area (Å²) in [5.41, 5.74) is 0.172. The molecule has 1 aromatic heterocycles. The predicted molar refractivity (Wildman–Crippen MR) is 112 cm³/mol. The second-order valence-electron chi connectivity index (χ2n) is 6.70. The quantitative estimate of drug-likeness (QED) is 0.708. The van der Waals surface area contributed by atoms with Gasteiger partial charge in [0.15, 0.2) is 0 Å². The van der Waals surface area contributed by atoms with Crippen molar-refractivity contribution < 1.29 is 13.9 Å². The SMILES string of the molecule is C/N=[S@]1/C[C@@](C)(c2cc(NC(=O)c3ccc(OC)cn3)ccc2F)NC(=N)N1C. The molecule has 2 heterocycles. The molecule has 2 atom stereocenters. The lowest BCUT2D eigenvalue weighted by atomic mass is 9.93. The molecule has 8 nitrogen and oxygen atoms in total. The molecule has 1 amide bonds. The van der Waals surface area contributed by atoms with E-state index in [0.29, 0.717) is 22.8 Å². The molecular formula is C19H23FN6O2S. The van der Waals surface area contributed by atoms with Crippen LogP contribution in [0.15, 0.2) is 40.9 Å². The highest BCUT2D eigenvalue weighted by Crippen LogP contribution is 2.31. The molecule has 0 saturated carbocycles. The van der Waals surface area contributed by atoms with Crippen molar-refractivity contribution in [2.45, 2.75) is 12.5 Å². The van der Waals surface area contributed by atoms with Crippen LogP contribution in [0, 0.1) is 11.2 Å². The van der Waals surface area contributed by atoms with Crippen molar-refractivity contribution in [2.24, 2.45) is 4.36 Å². The zero-order valence-corrected chi connectivity index (χ0v) is 17.4. The van der Waals surface area contributed by atoms with Gasteiger partial charge in [-0.2, -0.15) is 0 Å². The molecule has 3 N–H and O–H groups in total. The van der Waals surface area contributed by atoms with Gasteiger partial charge >= 0.3 is 0 Å². The molecule has 2 aromatic rings. The van der Waals surface area contributed by atoms with Gasteiger partial charge in [-0.25, -0.2) is 13.7 Å². The third kappa shape index (κ3) is 4.21. The van der Waals surface area contributed by atoms with Gasteiger partial charge in [0.25, 0.3) is 5.91 Å². The highest BCUT2D eigenvalue weighted by Gasteiger charge is 2.38. The summed E-state index contributed by atoms with van der Waals surface area (Å²) in [6.45, 7) is 1.83. The van der Waals surface area contributed by atoms with E-state index in [2.05, 4.69) is 20.0 Å². The van der Waals surface area contributed by atoms with Gasteiger partial charge in [0.2, 0.25) is 5.96 Å². The molecule has 0 aliphatic carbocycles. The average Bonchev–Trinajstić information content (AvgIpc) is 2.72. The minimum atomic E-state index is -0.838. The Morgan fingerprint density at radius 1 is 1.45 bits per heavy atom. The van der Waals surface area contributed by atoms with Crippen LogP contribution in [-0.4, -0.2) is 48.1 Å². The Labute approximate surface area is 171 Å². The van der Waals surface area contributed by atoms with E-state index in [1.54, 1.807) is 36.6 Å². The molecule has 1 fully saturated rings. The molecule has 0 spiro atoms. The Balaban J connectivity index is 1.87. The van der Waals surface area contributed by atoms with Gasteiger partial charge in [0, 0.05) is 25.3 Å². The van der Waals surface area contributed by atoms with Gasteiger partial charge in [-0.15, -0.1) is 0 Å². The number of carbonyl (C=O) groups excluding carboxylic acids is 1. The van der Waals surface area contributed by atoms with Gasteiger partial charge in [-0.05, 0) is 48.1 Å². The number of methoxy groups -OCH3 is 1. The fourth-order valence-corrected chi connectivity index (χ4v) is 4.59. The zero-order valence-electron chi connectivity index (χ0n) is 16.6. The molecule has 1 saturated heterocycles. The number of aromatic nitrogens is 1. The van der Waals surface area contributed by atoms with Crippen LogP contribution in [0.25, 0.3) is 0 Å². The lowest BCUT2D eigenvalue weighted by Crippen LogP contribution is -2.59. The summed E-state index contributed by atoms with van der Waals surface area (Å²) in [6.07, 6.45) is 1.45. The van der Waals surface area contributed by atoms with E-state index in [4.69, 9.17) is 10.1 Å². The van der Waals surface area contributed by atoms with E-state index < -0.39 is 28.1 Å². The van der Waals surface area contributed by atoms with Crippen LogP contribution in [0.4, 0.5) is 10.1 Å². The third-order valence-corrected chi connectivity index (χ3v) is 6.75. The lowest BCUT2D eigenvalue weighted by molar-refractivity contribution is 0.102. The average molecular weight is 418 g/mol. The van der Waals surface area contributed by atoms with Crippen LogP contribution in [0.5, 0.6) is 5.75 Å². The van der Waals surface area contributed by atoms with E-state index >= 15 is 0 Å². The van der Waals surface area contributed by atoms with Crippen molar-refractivity contribution in [3.63, 3.8) is 0 Å². The number of anilines is 1. The molecule has 0 bridgehead atoms. The van der Waals surface area contributed by atoms with Gasteiger partial charge in [0.05, 0.1) is 24.6 Å². The standard InChI is InChI=1S/C19H23FN6O2S/c1-19(11-29(22-2)26(3)18(21)25-19)14-9-12(5-7-15(14)20)24-17(27)16-8-6-13(28-4)10-23-16/h5-10H,11H2,1-4H3,(H2,21,25)(H,24,27)/t19-,29+/m0/s1. The van der Waals surface area contributed by atoms with Crippen molar-refractivity contribution in [3.05, 3.63) is 53.6 Å². The number of ether oxygens (including phenoxy) is 1. The molecule has 1 aliphatic rings. The van der Waals surface area contributed by atoms with Crippen LogP contribution < -0.4 is 15.4 Å². The van der Waals surface area contributed by atoms with Crippen molar-refractivity contribution in [3.8, 4) is 5.75 Å². The van der Waals surface area contributed by atoms with Crippen molar-refractivity contribution in [1.29, 1.82) is 5.41 Å². The van der Waals surface area contributed by atoms with Gasteiger partial charge in [0.1, 0.15) is 17.3 Å². The summed E-state index contributed by atoms with van der Waals surface area (Å²) in [4.78, 5) is 16.5. The van der Waals surface area contributed by atoms with Crippen molar-refractivity contribution in [1.82, 2.24) is 14.6 Å². The predicted octanol–water partition coefficient (Wildman–Crippen LogP) is 2.51. The molecule has 1 aliphatic heterocycles. The first-order valence-electron chi connectivity index (χ1n) is 8.80. The van der Waals surface area contributed by atoms with E-state index in [1.807, 2.05) is 6.92 Å². The largest absolute Gasteiger partial charge is 0.495 e. The molecule has 1 aromatic carbocycles. The number of carbonyl (C=O) groups is 1. The zero-order chi connectivity index (χ0) is 21.2. The fraction of sp³-hybridized carbons (Fsp3) is 0.316. The number of hydrogen-bond acceptors (Lipinski definition) is 5. The number of hydrogen-bond donors (Lipinski definition) is 3. The number of guanidine groups is 1. The number of pyridine rings is 1. The number of halogens is 1. The Hall–Kier alpha value is -3.01. The first-order valence-corrected chi connectivity index (χ1v) is 10.1. The number of nitrogens with one attached hydrogen (secondary N) is 3. The second-order valence-corrected chi connectivity index (χ2v) is 8.58. The topological polar surface area (TPSA) is 103 Å².